The fraction of sp³-hybridized carbons (Fsp3) is 0.125. The van der Waals surface area contributed by atoms with Gasteiger partial charge in [-0.15, -0.1) is 0 Å². The molecule has 0 spiro atoms. The highest BCUT2D eigenvalue weighted by Crippen LogP contribution is 2.17. The van der Waals surface area contributed by atoms with Gasteiger partial charge in [-0.2, -0.15) is 0 Å². The van der Waals surface area contributed by atoms with Crippen LogP contribution in [-0.4, -0.2) is 19.9 Å². The van der Waals surface area contributed by atoms with Crippen LogP contribution >= 0.6 is 28.1 Å². The summed E-state index contributed by atoms with van der Waals surface area (Å²) in [7, 11) is 0. The maximum atomic E-state index is 5.08. The quantitative estimate of drug-likeness (QED) is 0.784. The monoisotopic (exact) mass is 270 g/mol. The van der Waals surface area contributed by atoms with E-state index in [-0.39, 0.29) is 0 Å². The molecular weight excluding hydrogens is 264 g/mol. The molecule has 0 radical (unpaired) electrons. The Morgan fingerprint density at radius 3 is 2.79 bits per heavy atom. The lowest BCUT2D eigenvalue weighted by molar-refractivity contribution is 1.05. The van der Waals surface area contributed by atoms with Gasteiger partial charge in [-0.3, -0.25) is 0 Å². The molecule has 0 aliphatic rings. The van der Waals surface area contributed by atoms with Crippen molar-refractivity contribution in [1.29, 1.82) is 0 Å². The number of hydrogen-bond donors (Lipinski definition) is 2. The maximum Gasteiger partial charge on any atom is 0.175 e. The lowest BCUT2D eigenvalue weighted by Crippen LogP contribution is -1.95. The van der Waals surface area contributed by atoms with E-state index >= 15 is 0 Å². The molecule has 0 atom stereocenters. The van der Waals surface area contributed by atoms with Gasteiger partial charge in [0, 0.05) is 18.1 Å². The van der Waals surface area contributed by atoms with Gasteiger partial charge in [0.15, 0.2) is 11.6 Å². The van der Waals surface area contributed by atoms with Crippen molar-refractivity contribution in [3.8, 4) is 11.6 Å². The van der Waals surface area contributed by atoms with Crippen LogP contribution in [0.4, 0.5) is 0 Å². The summed E-state index contributed by atoms with van der Waals surface area (Å²) < 4.78 is 1.36. The summed E-state index contributed by atoms with van der Waals surface area (Å²) in [6.07, 6.45) is 3.41. The summed E-state index contributed by atoms with van der Waals surface area (Å²) in [5.41, 5.74) is 0.941. The van der Waals surface area contributed by atoms with Crippen LogP contribution in [0.15, 0.2) is 16.9 Å². The molecule has 4 nitrogen and oxygen atoms in total. The number of nitrogens with zero attached hydrogens (tertiary/aromatic N) is 2. The molecule has 0 saturated heterocycles. The largest absolute Gasteiger partial charge is 0.342 e. The second-order valence-electron chi connectivity index (χ2n) is 2.77. The Hall–Kier alpha value is -1.01. The fourth-order valence-corrected chi connectivity index (χ4v) is 1.51. The van der Waals surface area contributed by atoms with Crippen LogP contribution in [0.25, 0.3) is 11.6 Å². The third kappa shape index (κ3) is 1.62. The van der Waals surface area contributed by atoms with Crippen LogP contribution in [0.2, 0.25) is 0 Å². The van der Waals surface area contributed by atoms with Crippen molar-refractivity contribution in [3.05, 3.63) is 27.2 Å². The van der Waals surface area contributed by atoms with Gasteiger partial charge in [0.25, 0.3) is 0 Å². The van der Waals surface area contributed by atoms with E-state index in [0.29, 0.717) is 16.3 Å². The normalized spacial score (nSPS) is 10.4. The number of halogens is 1. The molecule has 14 heavy (non-hydrogen) atoms. The number of rotatable bonds is 1. The predicted octanol–water partition coefficient (Wildman–Crippen LogP) is 2.60. The zero-order valence-corrected chi connectivity index (χ0v) is 9.74. The second kappa shape index (κ2) is 3.62. The van der Waals surface area contributed by atoms with Gasteiger partial charge in [-0.25, -0.2) is 9.97 Å². The minimum Gasteiger partial charge on any atom is -0.342 e. The van der Waals surface area contributed by atoms with Crippen molar-refractivity contribution in [2.75, 3.05) is 0 Å². The molecule has 2 rings (SSSR count). The molecule has 72 valence electrons. The number of imidazole rings is 1. The average molecular weight is 271 g/mol. The SMILES string of the molecule is Cc1[nH]c(-c2ncc[nH]2)nc(=S)c1Br. The second-order valence-corrected chi connectivity index (χ2v) is 3.95. The van der Waals surface area contributed by atoms with Crippen molar-refractivity contribution >= 4 is 28.1 Å². The first-order chi connectivity index (χ1) is 6.68. The van der Waals surface area contributed by atoms with Crippen LogP contribution in [0.5, 0.6) is 0 Å². The van der Waals surface area contributed by atoms with Crippen molar-refractivity contribution in [2.45, 2.75) is 6.92 Å². The van der Waals surface area contributed by atoms with Gasteiger partial charge in [0.05, 0.1) is 4.47 Å². The third-order valence-electron chi connectivity index (χ3n) is 1.76. The number of aryl methyl sites for hydroxylation is 1. The summed E-state index contributed by atoms with van der Waals surface area (Å²) in [5, 5.41) is 0. The topological polar surface area (TPSA) is 57.4 Å². The van der Waals surface area contributed by atoms with E-state index < -0.39 is 0 Å². The summed E-state index contributed by atoms with van der Waals surface area (Å²) in [6, 6.07) is 0. The highest BCUT2D eigenvalue weighted by atomic mass is 79.9. The number of hydrogen-bond acceptors (Lipinski definition) is 3. The molecule has 0 amide bonds. The first kappa shape index (κ1) is 9.54. The number of aromatic amines is 2. The van der Waals surface area contributed by atoms with E-state index in [1.54, 1.807) is 12.4 Å². The molecule has 6 heteroatoms. The van der Waals surface area contributed by atoms with Crippen LogP contribution in [0.1, 0.15) is 5.69 Å². The number of nitrogens with one attached hydrogen (secondary N) is 2. The lowest BCUT2D eigenvalue weighted by atomic mass is 10.4. The van der Waals surface area contributed by atoms with E-state index in [9.17, 15) is 0 Å². The van der Waals surface area contributed by atoms with E-state index in [1.165, 1.54) is 0 Å². The molecule has 0 unspecified atom stereocenters. The predicted molar refractivity (Wildman–Crippen MR) is 59.4 cm³/mol. The first-order valence-corrected chi connectivity index (χ1v) is 5.15. The minimum absolute atomic E-state index is 0.535. The standard InChI is InChI=1S/C8H7BrN4S/c1-4-5(9)8(14)13-7(12-4)6-10-2-3-11-6/h2-3H,1H3,(H,10,11)(H,12,13,14). The summed E-state index contributed by atoms with van der Waals surface area (Å²) in [4.78, 5) is 14.3. The molecule has 2 aromatic heterocycles. The number of aromatic nitrogens is 4. The molecule has 0 bridgehead atoms. The third-order valence-corrected chi connectivity index (χ3v) is 3.29. The zero-order valence-electron chi connectivity index (χ0n) is 7.34. The van der Waals surface area contributed by atoms with Gasteiger partial charge in [0.1, 0.15) is 4.64 Å². The molecule has 0 aromatic carbocycles. The van der Waals surface area contributed by atoms with Crippen LogP contribution < -0.4 is 0 Å². The smallest absolute Gasteiger partial charge is 0.175 e. The van der Waals surface area contributed by atoms with E-state index in [2.05, 4.69) is 35.9 Å². The summed E-state index contributed by atoms with van der Waals surface area (Å²) in [5.74, 6) is 1.34. The van der Waals surface area contributed by atoms with Gasteiger partial charge < -0.3 is 9.97 Å². The van der Waals surface area contributed by atoms with Crippen molar-refractivity contribution in [3.63, 3.8) is 0 Å². The maximum absolute atomic E-state index is 5.08. The Morgan fingerprint density at radius 2 is 2.21 bits per heavy atom. The van der Waals surface area contributed by atoms with E-state index in [1.807, 2.05) is 6.92 Å². The molecule has 2 aromatic rings. The molecule has 0 aliphatic heterocycles. The lowest BCUT2D eigenvalue weighted by Gasteiger charge is -2.01. The Bertz CT molecular complexity index is 503. The van der Waals surface area contributed by atoms with Crippen LogP contribution in [-0.2, 0) is 0 Å². The molecular formula is C8H7BrN4S. The Kier molecular flexibility index (Phi) is 2.47. The highest BCUT2D eigenvalue weighted by Gasteiger charge is 2.05. The van der Waals surface area contributed by atoms with E-state index in [4.69, 9.17) is 12.2 Å². The average Bonchev–Trinajstić information content (AvgIpc) is 2.66. The van der Waals surface area contributed by atoms with Crippen molar-refractivity contribution in [2.24, 2.45) is 0 Å². The number of H-pyrrole nitrogens is 2. The van der Waals surface area contributed by atoms with Gasteiger partial charge in [-0.05, 0) is 22.9 Å². The van der Waals surface area contributed by atoms with Gasteiger partial charge in [-0.1, -0.05) is 12.2 Å². The molecule has 2 N–H and O–H groups in total. The van der Waals surface area contributed by atoms with Crippen LogP contribution in [0, 0.1) is 11.6 Å². The first-order valence-electron chi connectivity index (χ1n) is 3.94. The van der Waals surface area contributed by atoms with Gasteiger partial charge >= 0.3 is 0 Å². The highest BCUT2D eigenvalue weighted by molar-refractivity contribution is 9.10. The minimum atomic E-state index is 0.535. The molecule has 0 saturated carbocycles. The van der Waals surface area contributed by atoms with Crippen LogP contribution in [0.3, 0.4) is 0 Å². The van der Waals surface area contributed by atoms with E-state index in [0.717, 1.165) is 10.2 Å². The van der Waals surface area contributed by atoms with Crippen molar-refractivity contribution in [1.82, 2.24) is 19.9 Å². The Morgan fingerprint density at radius 1 is 1.43 bits per heavy atom. The molecule has 0 fully saturated rings. The summed E-state index contributed by atoms with van der Waals surface area (Å²) >= 11 is 8.43. The zero-order chi connectivity index (χ0) is 10.1. The fourth-order valence-electron chi connectivity index (χ4n) is 1.08. The van der Waals surface area contributed by atoms with Gasteiger partial charge in [0.2, 0.25) is 0 Å². The van der Waals surface area contributed by atoms with Crippen molar-refractivity contribution < 1.29 is 0 Å². The molecule has 2 heterocycles. The Balaban J connectivity index is 2.63. The Labute approximate surface area is 93.9 Å². The summed E-state index contributed by atoms with van der Waals surface area (Å²) in [6.45, 7) is 1.92. The molecule has 0 aliphatic carbocycles.